The highest BCUT2D eigenvalue weighted by atomic mass is 35.5. The molecule has 2 heterocycles. The second-order valence-electron chi connectivity index (χ2n) is 9.90. The Hall–Kier alpha value is -3.61. The minimum Gasteiger partial charge on any atom is -0.494 e. The predicted molar refractivity (Wildman–Crippen MR) is 163 cm³/mol. The van der Waals surface area contributed by atoms with E-state index in [9.17, 15) is 14.7 Å². The van der Waals surface area contributed by atoms with Gasteiger partial charge in [0, 0.05) is 29.4 Å². The van der Waals surface area contributed by atoms with Gasteiger partial charge in [-0.25, -0.2) is 4.79 Å². The highest BCUT2D eigenvalue weighted by molar-refractivity contribution is 6.13. The molecule has 0 spiro atoms. The minimum absolute atomic E-state index is 0. The van der Waals surface area contributed by atoms with E-state index in [-0.39, 0.29) is 23.8 Å². The number of carboxylic acids is 1. The maximum Gasteiger partial charge on any atom is 0.335 e. The van der Waals surface area contributed by atoms with Crippen LogP contribution in [0.15, 0.2) is 79.0 Å². The third-order valence-corrected chi connectivity index (χ3v) is 6.96. The molecule has 1 N–H and O–H groups in total. The topological polar surface area (TPSA) is 71.2 Å². The van der Waals surface area contributed by atoms with Crippen LogP contribution in [-0.4, -0.2) is 52.4 Å². The quantitative estimate of drug-likeness (QED) is 0.119. The molecule has 4 aromatic rings. The molecule has 0 saturated heterocycles. The molecule has 0 amide bonds. The molecule has 0 aliphatic heterocycles. The van der Waals surface area contributed by atoms with Gasteiger partial charge in [-0.1, -0.05) is 69.2 Å². The molecule has 0 unspecified atom stereocenters. The van der Waals surface area contributed by atoms with Crippen molar-refractivity contribution < 1.29 is 19.4 Å². The van der Waals surface area contributed by atoms with Crippen LogP contribution in [0.1, 0.15) is 72.4 Å². The van der Waals surface area contributed by atoms with Gasteiger partial charge in [0.05, 0.1) is 12.2 Å². The van der Waals surface area contributed by atoms with Gasteiger partial charge in [-0.3, -0.25) is 4.79 Å². The summed E-state index contributed by atoms with van der Waals surface area (Å²) in [5.74, 6) is -0.478. The fourth-order valence-electron chi connectivity index (χ4n) is 4.82. The number of carbonyl (C=O) groups is 2. The number of aromatic carboxylic acids is 1. The fourth-order valence-corrected chi connectivity index (χ4v) is 4.82. The second-order valence-corrected chi connectivity index (χ2v) is 9.90. The van der Waals surface area contributed by atoms with Gasteiger partial charge in [0.25, 0.3) is 0 Å². The summed E-state index contributed by atoms with van der Waals surface area (Å²) in [6.45, 7) is 8.30. The number of carbonyl (C=O) groups excluding carboxylic acids is 1. The number of carboxylic acid groups (broad SMARTS) is 1. The summed E-state index contributed by atoms with van der Waals surface area (Å²) in [6.07, 6.45) is 7.41. The van der Waals surface area contributed by atoms with Crippen molar-refractivity contribution in [3.8, 4) is 16.9 Å². The van der Waals surface area contributed by atoms with Crippen LogP contribution in [-0.2, 0) is 0 Å². The van der Waals surface area contributed by atoms with E-state index in [4.69, 9.17) is 4.74 Å². The molecule has 0 aliphatic rings. The zero-order valence-electron chi connectivity index (χ0n) is 23.3. The van der Waals surface area contributed by atoms with Gasteiger partial charge in [0.2, 0.25) is 5.78 Å². The Morgan fingerprint density at radius 3 is 2.20 bits per heavy atom. The summed E-state index contributed by atoms with van der Waals surface area (Å²) in [5.41, 5.74) is 3.50. The molecule has 0 fully saturated rings. The average molecular weight is 563 g/mol. The van der Waals surface area contributed by atoms with Gasteiger partial charge in [-0.2, -0.15) is 0 Å². The number of halogens is 1. The number of aromatic nitrogens is 1. The number of pyridine rings is 1. The predicted octanol–water partition coefficient (Wildman–Crippen LogP) is 7.63. The van der Waals surface area contributed by atoms with E-state index in [1.54, 1.807) is 28.8 Å². The molecule has 2 aromatic carbocycles. The zero-order chi connectivity index (χ0) is 27.6. The number of fused-ring (bicyclic) bond motifs is 1. The summed E-state index contributed by atoms with van der Waals surface area (Å²) in [4.78, 5) is 28.0. The number of hydrogen-bond acceptors (Lipinski definition) is 4. The summed E-state index contributed by atoms with van der Waals surface area (Å²) in [5, 5.41) is 9.46. The molecule has 212 valence electrons. The maximum atomic E-state index is 13.9. The lowest BCUT2D eigenvalue weighted by Gasteiger charge is -2.21. The van der Waals surface area contributed by atoms with Gasteiger partial charge in [0.15, 0.2) is 0 Å². The van der Waals surface area contributed by atoms with E-state index < -0.39 is 5.97 Å². The van der Waals surface area contributed by atoms with Crippen molar-refractivity contribution in [2.24, 2.45) is 0 Å². The van der Waals surface area contributed by atoms with E-state index in [0.29, 0.717) is 29.1 Å². The van der Waals surface area contributed by atoms with E-state index in [1.807, 2.05) is 48.5 Å². The Labute approximate surface area is 243 Å². The molecular formula is C33H39ClN2O4. The number of nitrogens with zero attached hydrogens (tertiary/aromatic N) is 2. The van der Waals surface area contributed by atoms with Gasteiger partial charge in [-0.15, -0.1) is 12.4 Å². The Balaban J connectivity index is 0.00000441. The standard InChI is InChI=1S/C33H38N2O4.ClH/c1-3-5-17-34(18-6-4-2)19-11-21-39-29-15-10-14-26(23-29)32(36)31-30(25-12-8-7-9-13-25)24-28-22-27(33(37)38)16-20-35(28)31;/h7-10,12-16,20,22-24H,3-6,11,17-19,21H2,1-2H3,(H,37,38);1H. The Morgan fingerprint density at radius 1 is 0.825 bits per heavy atom. The Kier molecular flexibility index (Phi) is 11.8. The first-order valence-corrected chi connectivity index (χ1v) is 14.0. The van der Waals surface area contributed by atoms with Crippen LogP contribution in [0.2, 0.25) is 0 Å². The molecule has 6 nitrogen and oxygen atoms in total. The van der Waals surface area contributed by atoms with Crippen LogP contribution >= 0.6 is 12.4 Å². The number of hydrogen-bond donors (Lipinski definition) is 1. The van der Waals surface area contributed by atoms with Crippen LogP contribution in [0, 0.1) is 0 Å². The highest BCUT2D eigenvalue weighted by Crippen LogP contribution is 2.31. The second kappa shape index (κ2) is 15.2. The largest absolute Gasteiger partial charge is 0.494 e. The van der Waals surface area contributed by atoms with Gasteiger partial charge >= 0.3 is 5.97 Å². The minimum atomic E-state index is -1.00. The van der Waals surface area contributed by atoms with Crippen molar-refractivity contribution in [1.29, 1.82) is 0 Å². The Bertz CT molecular complexity index is 1390. The van der Waals surface area contributed by atoms with Crippen molar-refractivity contribution in [2.75, 3.05) is 26.2 Å². The summed E-state index contributed by atoms with van der Waals surface area (Å²) in [6, 6.07) is 22.0. The molecule has 0 saturated carbocycles. The molecule has 40 heavy (non-hydrogen) atoms. The molecule has 0 aliphatic carbocycles. The number of rotatable bonds is 15. The van der Waals surface area contributed by atoms with E-state index in [2.05, 4.69) is 18.7 Å². The Morgan fingerprint density at radius 2 is 1.52 bits per heavy atom. The maximum absolute atomic E-state index is 13.9. The van der Waals surface area contributed by atoms with Crippen LogP contribution < -0.4 is 4.74 Å². The zero-order valence-corrected chi connectivity index (χ0v) is 24.2. The van der Waals surface area contributed by atoms with E-state index in [1.165, 1.54) is 31.7 Å². The lowest BCUT2D eigenvalue weighted by molar-refractivity contribution is 0.0696. The van der Waals surface area contributed by atoms with E-state index in [0.717, 1.165) is 37.2 Å². The first kappa shape index (κ1) is 30.9. The molecule has 4 rings (SSSR count). The summed E-state index contributed by atoms with van der Waals surface area (Å²) < 4.78 is 7.84. The molecular weight excluding hydrogens is 524 g/mol. The first-order valence-electron chi connectivity index (χ1n) is 14.0. The SMILES string of the molecule is CCCCN(CCCC)CCCOc1cccc(C(=O)c2c(-c3ccccc3)cc3cc(C(=O)O)ccn23)c1.Cl. The summed E-state index contributed by atoms with van der Waals surface area (Å²) in [7, 11) is 0. The lowest BCUT2D eigenvalue weighted by atomic mass is 10.00. The van der Waals surface area contributed by atoms with Crippen molar-refractivity contribution in [3.05, 3.63) is 95.8 Å². The first-order chi connectivity index (χ1) is 19.0. The molecule has 7 heteroatoms. The third-order valence-electron chi connectivity index (χ3n) is 6.96. The average Bonchev–Trinajstić information content (AvgIpc) is 3.35. The van der Waals surface area contributed by atoms with Crippen LogP contribution in [0.3, 0.4) is 0 Å². The van der Waals surface area contributed by atoms with E-state index >= 15 is 0 Å². The van der Waals surface area contributed by atoms with Gasteiger partial charge < -0.3 is 19.1 Å². The monoisotopic (exact) mass is 562 g/mol. The fraction of sp³-hybridized carbons (Fsp3) is 0.333. The summed E-state index contributed by atoms with van der Waals surface area (Å²) >= 11 is 0. The van der Waals surface area contributed by atoms with Crippen molar-refractivity contribution in [1.82, 2.24) is 9.30 Å². The van der Waals surface area contributed by atoms with Crippen molar-refractivity contribution in [2.45, 2.75) is 46.0 Å². The molecule has 0 radical (unpaired) electrons. The molecule has 2 aromatic heterocycles. The normalized spacial score (nSPS) is 11.0. The number of ether oxygens (including phenoxy) is 1. The smallest absolute Gasteiger partial charge is 0.335 e. The highest BCUT2D eigenvalue weighted by Gasteiger charge is 2.21. The molecule has 0 atom stereocenters. The van der Waals surface area contributed by atoms with Crippen LogP contribution in [0.5, 0.6) is 5.75 Å². The van der Waals surface area contributed by atoms with Crippen LogP contribution in [0.4, 0.5) is 0 Å². The van der Waals surface area contributed by atoms with Crippen molar-refractivity contribution in [3.63, 3.8) is 0 Å². The number of ketones is 1. The van der Waals surface area contributed by atoms with Gasteiger partial charge in [0.1, 0.15) is 11.4 Å². The van der Waals surface area contributed by atoms with Crippen molar-refractivity contribution >= 4 is 29.7 Å². The number of unbranched alkanes of at least 4 members (excludes halogenated alkanes) is 2. The van der Waals surface area contributed by atoms with Crippen LogP contribution in [0.25, 0.3) is 16.6 Å². The number of benzene rings is 2. The molecule has 0 bridgehead atoms. The lowest BCUT2D eigenvalue weighted by Crippen LogP contribution is -2.28. The van der Waals surface area contributed by atoms with Gasteiger partial charge in [-0.05, 0) is 68.2 Å². The third kappa shape index (κ3) is 7.74.